The molecular weight excluding hydrogens is 314 g/mol. The van der Waals surface area contributed by atoms with Crippen molar-refractivity contribution in [3.8, 4) is 0 Å². The van der Waals surface area contributed by atoms with Gasteiger partial charge in [-0.25, -0.2) is 0 Å². The van der Waals surface area contributed by atoms with E-state index < -0.39 is 29.3 Å². The van der Waals surface area contributed by atoms with Crippen LogP contribution >= 0.6 is 0 Å². The van der Waals surface area contributed by atoms with Crippen molar-refractivity contribution >= 4 is 29.3 Å². The van der Waals surface area contributed by atoms with Gasteiger partial charge in [0.05, 0.1) is 0 Å². The number of hydrogen-bond acceptors (Lipinski definition) is 12. The monoisotopic (exact) mass is 340 g/mol. The molecule has 0 aromatic carbocycles. The van der Waals surface area contributed by atoms with Crippen LogP contribution in [-0.2, 0) is 0 Å². The Balaban J connectivity index is -0.0000000393. The first kappa shape index (κ1) is 38.8. The Morgan fingerprint density at radius 2 is 0.739 bits per heavy atom. The fourth-order valence-corrected chi connectivity index (χ4v) is 0.427. The molecule has 0 radical (unpaired) electrons. The first-order valence-electron chi connectivity index (χ1n) is 5.81. The van der Waals surface area contributed by atoms with Gasteiger partial charge in [-0.05, 0) is 0 Å². The third-order valence-electron chi connectivity index (χ3n) is 0.854. The Morgan fingerprint density at radius 3 is 0.783 bits per heavy atom. The molecule has 0 aliphatic rings. The fraction of sp³-hybridized carbons (Fsp3) is 0.833. The van der Waals surface area contributed by atoms with E-state index in [2.05, 4.69) is 13.8 Å². The summed E-state index contributed by atoms with van der Waals surface area (Å²) in [7, 11) is -8.67. The summed E-state index contributed by atoms with van der Waals surface area (Å²) in [5, 5.41) is 86.0. The van der Waals surface area contributed by atoms with E-state index in [1.54, 1.807) is 0 Å². The second-order valence-electron chi connectivity index (χ2n) is 2.95. The van der Waals surface area contributed by atoms with Gasteiger partial charge < -0.3 is 67.2 Å². The molecule has 0 atom stereocenters. The zero-order valence-electron chi connectivity index (χ0n) is 13.2. The van der Waals surface area contributed by atoms with E-state index in [0.29, 0.717) is 0 Å². The Kier molecular flexibility index (Phi) is 64.3. The smallest absolute Gasteiger partial charge is 0.402 e. The predicted molar refractivity (Wildman–Crippen MR) is 79.1 cm³/mol. The van der Waals surface area contributed by atoms with Crippen LogP contribution in [0.4, 0.5) is 0 Å². The molecule has 0 rings (SSSR count). The molecule has 0 fully saturated rings. The molecule has 0 spiro atoms. The van der Waals surface area contributed by atoms with Crippen LogP contribution in [0.15, 0.2) is 0 Å². The van der Waals surface area contributed by atoms with Gasteiger partial charge in [0, 0.05) is 0 Å². The SMILES string of the molecule is OB(O)O.OB(O)O.OB(O)O.OB(O)O.[CH2-]CCCCC.[Li+]. The van der Waals surface area contributed by atoms with Crippen molar-refractivity contribution in [2.24, 2.45) is 0 Å². The Hall–Kier alpha value is 0.377. The van der Waals surface area contributed by atoms with E-state index in [0.717, 1.165) is 6.42 Å². The first-order valence-corrected chi connectivity index (χ1v) is 5.81. The topological polar surface area (TPSA) is 243 Å². The zero-order chi connectivity index (χ0) is 19.1. The summed E-state index contributed by atoms with van der Waals surface area (Å²) in [5.74, 6) is 0. The molecule has 0 amide bonds. The van der Waals surface area contributed by atoms with Crippen molar-refractivity contribution < 1.29 is 79.1 Å². The third-order valence-corrected chi connectivity index (χ3v) is 0.854. The summed E-state index contributed by atoms with van der Waals surface area (Å²) in [6.45, 7) is 5.93. The minimum atomic E-state index is -2.17. The largest absolute Gasteiger partial charge is 1.00 e. The van der Waals surface area contributed by atoms with E-state index in [1.165, 1.54) is 19.3 Å². The van der Waals surface area contributed by atoms with Crippen LogP contribution in [0.3, 0.4) is 0 Å². The molecule has 12 nitrogen and oxygen atoms in total. The molecular formula is C6H25B4LiO12. The molecule has 0 aliphatic carbocycles. The van der Waals surface area contributed by atoms with Gasteiger partial charge in [-0.1, -0.05) is 26.2 Å². The van der Waals surface area contributed by atoms with Crippen LogP contribution in [0.25, 0.3) is 0 Å². The van der Waals surface area contributed by atoms with Crippen LogP contribution in [0, 0.1) is 6.92 Å². The van der Waals surface area contributed by atoms with Crippen LogP contribution in [0.2, 0.25) is 0 Å². The normalized spacial score (nSPS) is 7.04. The van der Waals surface area contributed by atoms with Crippen molar-refractivity contribution in [2.45, 2.75) is 32.6 Å². The fourth-order valence-electron chi connectivity index (χ4n) is 0.427. The molecule has 0 aromatic rings. The Morgan fingerprint density at radius 1 is 0.565 bits per heavy atom. The Bertz CT molecular complexity index is 118. The molecule has 23 heavy (non-hydrogen) atoms. The number of unbranched alkanes of at least 4 members (excludes halogenated alkanes) is 3. The van der Waals surface area contributed by atoms with Gasteiger partial charge in [0.25, 0.3) is 0 Å². The summed E-state index contributed by atoms with van der Waals surface area (Å²) in [6.07, 6.45) is 5.07. The molecule has 12 N–H and O–H groups in total. The molecule has 0 aromatic heterocycles. The van der Waals surface area contributed by atoms with Crippen LogP contribution in [-0.4, -0.2) is 89.6 Å². The molecule has 0 saturated carbocycles. The van der Waals surface area contributed by atoms with Crippen LogP contribution in [0.1, 0.15) is 32.6 Å². The molecule has 134 valence electrons. The van der Waals surface area contributed by atoms with Gasteiger partial charge in [0.15, 0.2) is 0 Å². The molecule has 0 bridgehead atoms. The quantitative estimate of drug-likeness (QED) is 0.130. The minimum Gasteiger partial charge on any atom is -0.402 e. The molecule has 0 saturated heterocycles. The van der Waals surface area contributed by atoms with Gasteiger partial charge in [-0.15, -0.1) is 0 Å². The van der Waals surface area contributed by atoms with Gasteiger partial charge in [-0.2, -0.15) is 6.42 Å². The van der Waals surface area contributed by atoms with Crippen LogP contribution in [0.5, 0.6) is 0 Å². The van der Waals surface area contributed by atoms with Gasteiger partial charge >= 0.3 is 48.1 Å². The molecule has 0 heterocycles. The van der Waals surface area contributed by atoms with E-state index in [-0.39, 0.29) is 18.9 Å². The van der Waals surface area contributed by atoms with E-state index in [9.17, 15) is 0 Å². The molecule has 0 unspecified atom stereocenters. The second kappa shape index (κ2) is 38.1. The predicted octanol–water partition coefficient (Wildman–Crippen LogP) is -8.80. The minimum absolute atomic E-state index is 0. The maximum atomic E-state index is 7.17. The number of rotatable bonds is 3. The van der Waals surface area contributed by atoms with Crippen molar-refractivity contribution in [1.82, 2.24) is 0 Å². The van der Waals surface area contributed by atoms with Crippen LogP contribution < -0.4 is 18.9 Å². The standard InChI is InChI=1S/C6H13.4BH3O3.Li/c1-3-5-6-4-2;4*2-1(3)4;/h1,3-6H2,2H3;4*2-4H;/q-1;;;;;+1. The average Bonchev–Trinajstić information content (AvgIpc) is 2.23. The third kappa shape index (κ3) is 815. The Labute approximate surface area is 148 Å². The maximum Gasteiger partial charge on any atom is 1.00 e. The number of hydrogen-bond donors (Lipinski definition) is 12. The molecule has 17 heteroatoms. The zero-order valence-corrected chi connectivity index (χ0v) is 13.2. The first-order chi connectivity index (χ1) is 9.84. The second-order valence-corrected chi connectivity index (χ2v) is 2.95. The van der Waals surface area contributed by atoms with Gasteiger partial charge in [-0.3, -0.25) is 0 Å². The van der Waals surface area contributed by atoms with Crippen molar-refractivity contribution in [3.05, 3.63) is 6.92 Å². The average molecular weight is 339 g/mol. The van der Waals surface area contributed by atoms with Gasteiger partial charge in [0.2, 0.25) is 0 Å². The van der Waals surface area contributed by atoms with Gasteiger partial charge in [0.1, 0.15) is 0 Å². The van der Waals surface area contributed by atoms with Crippen molar-refractivity contribution in [3.63, 3.8) is 0 Å². The summed E-state index contributed by atoms with van der Waals surface area (Å²) in [6, 6.07) is 0. The van der Waals surface area contributed by atoms with Crippen molar-refractivity contribution in [1.29, 1.82) is 0 Å². The maximum absolute atomic E-state index is 7.17. The van der Waals surface area contributed by atoms with E-state index >= 15 is 0 Å². The summed E-state index contributed by atoms with van der Waals surface area (Å²) in [5.41, 5.74) is 0. The summed E-state index contributed by atoms with van der Waals surface area (Å²) < 4.78 is 0. The van der Waals surface area contributed by atoms with Crippen molar-refractivity contribution in [2.75, 3.05) is 0 Å². The summed E-state index contributed by atoms with van der Waals surface area (Å²) >= 11 is 0. The molecule has 0 aliphatic heterocycles. The van der Waals surface area contributed by atoms with E-state index in [4.69, 9.17) is 60.3 Å². The van der Waals surface area contributed by atoms with E-state index in [1.807, 2.05) is 0 Å². The summed E-state index contributed by atoms with van der Waals surface area (Å²) in [4.78, 5) is 0.